The molecule has 11 heteroatoms. The molecule has 0 radical (unpaired) electrons. The SMILES string of the molecule is C[C@]1(C(N)=O)COc2c1cc([C@@H](CNC(=O)c1ccc3[nH]ccc3c1)C(F)(F)F)nc2-c1ccc(F)cc1. The number of pyridine rings is 1. The number of halogens is 4. The lowest BCUT2D eigenvalue weighted by molar-refractivity contribution is -0.149. The third-order valence-corrected chi connectivity index (χ3v) is 6.79. The molecular weight excluding hydrogens is 504 g/mol. The van der Waals surface area contributed by atoms with Gasteiger partial charge in [-0.05, 0) is 61.5 Å². The molecule has 4 aromatic rings. The first-order chi connectivity index (χ1) is 18.0. The van der Waals surface area contributed by atoms with Gasteiger partial charge in [-0.25, -0.2) is 9.37 Å². The highest BCUT2D eigenvalue weighted by Gasteiger charge is 2.47. The number of aromatic nitrogens is 2. The third-order valence-electron chi connectivity index (χ3n) is 6.79. The molecule has 2 atom stereocenters. The van der Waals surface area contributed by atoms with Crippen molar-refractivity contribution in [2.45, 2.75) is 24.4 Å². The van der Waals surface area contributed by atoms with E-state index in [-0.39, 0.29) is 29.2 Å². The predicted octanol–water partition coefficient (Wildman–Crippen LogP) is 4.58. The number of ether oxygens (including phenoxy) is 1. The summed E-state index contributed by atoms with van der Waals surface area (Å²) in [6.07, 6.45) is -3.12. The number of nitrogens with one attached hydrogen (secondary N) is 2. The van der Waals surface area contributed by atoms with Crippen LogP contribution in [0.1, 0.15) is 34.5 Å². The van der Waals surface area contributed by atoms with E-state index in [0.717, 1.165) is 29.1 Å². The Hall–Kier alpha value is -4.41. The fourth-order valence-electron chi connectivity index (χ4n) is 4.47. The first-order valence-corrected chi connectivity index (χ1v) is 11.6. The summed E-state index contributed by atoms with van der Waals surface area (Å²) in [7, 11) is 0. The molecule has 0 unspecified atom stereocenters. The Morgan fingerprint density at radius 1 is 1.16 bits per heavy atom. The minimum Gasteiger partial charge on any atom is -0.489 e. The molecule has 0 spiro atoms. The lowest BCUT2D eigenvalue weighted by atomic mass is 9.82. The van der Waals surface area contributed by atoms with E-state index in [1.54, 1.807) is 24.4 Å². The maximum absolute atomic E-state index is 14.3. The largest absolute Gasteiger partial charge is 0.489 e. The number of hydrogen-bond donors (Lipinski definition) is 3. The normalized spacial score (nSPS) is 17.6. The van der Waals surface area contributed by atoms with Crippen molar-refractivity contribution in [1.82, 2.24) is 15.3 Å². The number of carbonyl (C=O) groups excluding carboxylic acids is 2. The van der Waals surface area contributed by atoms with Gasteiger partial charge in [0.25, 0.3) is 5.91 Å². The van der Waals surface area contributed by atoms with Crippen molar-refractivity contribution in [3.8, 4) is 17.0 Å². The Balaban J connectivity index is 1.54. The lowest BCUT2D eigenvalue weighted by Gasteiger charge is -2.24. The highest BCUT2D eigenvalue weighted by Crippen LogP contribution is 2.46. The standard InChI is InChI=1S/C27H22F4N4O3/c1-26(25(32)37)13-38-23-18(26)11-21(35-22(23)14-2-5-17(28)6-3-14)19(27(29,30)31)12-34-24(36)16-4-7-20-15(10-16)8-9-33-20/h2-11,19,33H,12-13H2,1H3,(H2,32,37)(H,34,36)/t19-,26+/m1/s1. The number of alkyl halides is 3. The van der Waals surface area contributed by atoms with Gasteiger partial charge >= 0.3 is 6.18 Å². The van der Waals surface area contributed by atoms with Crippen molar-refractivity contribution in [3.05, 3.63) is 83.4 Å². The molecule has 1 aliphatic rings. The molecule has 196 valence electrons. The smallest absolute Gasteiger partial charge is 0.398 e. The molecule has 38 heavy (non-hydrogen) atoms. The van der Waals surface area contributed by atoms with Crippen LogP contribution in [0.25, 0.3) is 22.2 Å². The Morgan fingerprint density at radius 3 is 2.58 bits per heavy atom. The van der Waals surface area contributed by atoms with E-state index >= 15 is 0 Å². The number of fused-ring (bicyclic) bond motifs is 2. The average Bonchev–Trinajstić information content (AvgIpc) is 3.48. The van der Waals surface area contributed by atoms with Crippen molar-refractivity contribution in [1.29, 1.82) is 0 Å². The topological polar surface area (TPSA) is 110 Å². The Morgan fingerprint density at radius 2 is 1.89 bits per heavy atom. The Labute approximate surface area is 214 Å². The number of hydrogen-bond acceptors (Lipinski definition) is 4. The van der Waals surface area contributed by atoms with Crippen LogP contribution in [-0.2, 0) is 10.2 Å². The molecule has 5 rings (SSSR count). The maximum atomic E-state index is 14.3. The average molecular weight is 526 g/mol. The second kappa shape index (κ2) is 9.16. The van der Waals surface area contributed by atoms with E-state index in [4.69, 9.17) is 10.5 Å². The highest BCUT2D eigenvalue weighted by atomic mass is 19.4. The first kappa shape index (κ1) is 25.2. The van der Waals surface area contributed by atoms with Gasteiger partial charge in [-0.2, -0.15) is 13.2 Å². The zero-order valence-corrected chi connectivity index (χ0v) is 20.0. The molecule has 0 bridgehead atoms. The van der Waals surface area contributed by atoms with E-state index in [1.165, 1.54) is 25.1 Å². The van der Waals surface area contributed by atoms with Gasteiger partial charge in [-0.1, -0.05) is 0 Å². The summed E-state index contributed by atoms with van der Waals surface area (Å²) in [4.78, 5) is 32.3. The van der Waals surface area contributed by atoms with E-state index in [1.807, 2.05) is 0 Å². The van der Waals surface area contributed by atoms with Gasteiger partial charge in [0.15, 0.2) is 0 Å². The molecule has 7 nitrogen and oxygen atoms in total. The van der Waals surface area contributed by atoms with Crippen LogP contribution in [0, 0.1) is 5.82 Å². The summed E-state index contributed by atoms with van der Waals surface area (Å²) in [5.74, 6) is -4.13. The van der Waals surface area contributed by atoms with Crippen LogP contribution in [0.3, 0.4) is 0 Å². The zero-order valence-electron chi connectivity index (χ0n) is 20.0. The fourth-order valence-corrected chi connectivity index (χ4v) is 4.47. The quantitative estimate of drug-likeness (QED) is 0.320. The first-order valence-electron chi connectivity index (χ1n) is 11.6. The molecule has 0 saturated carbocycles. The van der Waals surface area contributed by atoms with Gasteiger partial charge in [0.2, 0.25) is 5.91 Å². The predicted molar refractivity (Wildman–Crippen MR) is 131 cm³/mol. The molecule has 3 heterocycles. The van der Waals surface area contributed by atoms with Crippen LogP contribution in [0.15, 0.2) is 60.8 Å². The van der Waals surface area contributed by atoms with E-state index in [9.17, 15) is 27.2 Å². The monoisotopic (exact) mass is 526 g/mol. The van der Waals surface area contributed by atoms with Crippen LogP contribution in [0.5, 0.6) is 5.75 Å². The van der Waals surface area contributed by atoms with Crippen LogP contribution < -0.4 is 15.8 Å². The molecule has 4 N–H and O–H groups in total. The maximum Gasteiger partial charge on any atom is 0.398 e. The number of benzene rings is 2. The van der Waals surface area contributed by atoms with Crippen molar-refractivity contribution in [2.24, 2.45) is 5.73 Å². The second-order valence-corrected chi connectivity index (χ2v) is 9.35. The summed E-state index contributed by atoms with van der Waals surface area (Å²) in [5, 5.41) is 3.09. The van der Waals surface area contributed by atoms with Crippen LogP contribution in [-0.4, -0.2) is 41.1 Å². The lowest BCUT2D eigenvalue weighted by Crippen LogP contribution is -2.40. The van der Waals surface area contributed by atoms with Crippen LogP contribution in [0.4, 0.5) is 17.6 Å². The molecule has 0 aliphatic carbocycles. The number of rotatable bonds is 6. The van der Waals surface area contributed by atoms with Crippen molar-refractivity contribution < 1.29 is 31.9 Å². The molecule has 2 aromatic heterocycles. The Kier molecular flexibility index (Phi) is 6.09. The molecule has 2 aromatic carbocycles. The van der Waals surface area contributed by atoms with Crippen LogP contribution in [0.2, 0.25) is 0 Å². The van der Waals surface area contributed by atoms with Gasteiger partial charge in [0.1, 0.15) is 35.2 Å². The third kappa shape index (κ3) is 4.44. The van der Waals surface area contributed by atoms with Crippen LogP contribution >= 0.6 is 0 Å². The minimum absolute atomic E-state index is 0.0148. The summed E-state index contributed by atoms with van der Waals surface area (Å²) < 4.78 is 62.3. The van der Waals surface area contributed by atoms with Crippen molar-refractivity contribution >= 4 is 22.7 Å². The number of carbonyl (C=O) groups is 2. The van der Waals surface area contributed by atoms with Gasteiger partial charge in [0.05, 0.1) is 5.69 Å². The van der Waals surface area contributed by atoms with Gasteiger partial charge in [-0.3, -0.25) is 9.59 Å². The van der Waals surface area contributed by atoms with Crippen molar-refractivity contribution in [3.63, 3.8) is 0 Å². The van der Waals surface area contributed by atoms with E-state index < -0.39 is 47.4 Å². The zero-order chi connectivity index (χ0) is 27.2. The summed E-state index contributed by atoms with van der Waals surface area (Å²) >= 11 is 0. The fraction of sp³-hybridized carbons (Fsp3) is 0.222. The number of nitrogens with zero attached hydrogens (tertiary/aromatic N) is 1. The molecule has 1 aliphatic heterocycles. The molecule has 0 fully saturated rings. The highest BCUT2D eigenvalue weighted by molar-refractivity contribution is 5.98. The molecular formula is C27H22F4N4O3. The Bertz CT molecular complexity index is 1550. The number of nitrogens with two attached hydrogens (primary N) is 1. The van der Waals surface area contributed by atoms with Gasteiger partial charge in [0, 0.05) is 40.3 Å². The minimum atomic E-state index is -4.80. The van der Waals surface area contributed by atoms with Gasteiger partial charge < -0.3 is 20.8 Å². The summed E-state index contributed by atoms with van der Waals surface area (Å²) in [6.45, 7) is 0.475. The second-order valence-electron chi connectivity index (χ2n) is 9.35. The van der Waals surface area contributed by atoms with Crippen molar-refractivity contribution in [2.75, 3.05) is 13.2 Å². The molecule has 2 amide bonds. The summed E-state index contributed by atoms with van der Waals surface area (Å²) in [5.41, 5.74) is 5.18. The number of amides is 2. The van der Waals surface area contributed by atoms with E-state index in [0.29, 0.717) is 5.56 Å². The number of aromatic amines is 1. The van der Waals surface area contributed by atoms with E-state index in [2.05, 4.69) is 15.3 Å². The number of H-pyrrole nitrogens is 1. The molecule has 0 saturated heterocycles. The number of primary amides is 1. The summed E-state index contributed by atoms with van der Waals surface area (Å²) in [6, 6.07) is 12.6. The van der Waals surface area contributed by atoms with Gasteiger partial charge in [-0.15, -0.1) is 0 Å².